The van der Waals surface area contributed by atoms with E-state index < -0.39 is 10.0 Å². The molecule has 0 radical (unpaired) electrons. The molecular weight excluding hydrogens is 276 g/mol. The van der Waals surface area contributed by atoms with E-state index in [1.165, 1.54) is 12.8 Å². The molecule has 0 heterocycles. The normalized spacial score (nSPS) is 17.1. The lowest BCUT2D eigenvalue weighted by atomic mass is 10.1. The minimum atomic E-state index is -3.49. The van der Waals surface area contributed by atoms with Crippen LogP contribution in [0.1, 0.15) is 31.4 Å². The fraction of sp³-hybridized carbons (Fsp3) is 0.571. The molecule has 1 aromatic rings. The van der Waals surface area contributed by atoms with Crippen LogP contribution < -0.4 is 10.5 Å². The average molecular weight is 298 g/mol. The monoisotopic (exact) mass is 298 g/mol. The predicted molar refractivity (Wildman–Crippen MR) is 77.8 cm³/mol. The van der Waals surface area contributed by atoms with Crippen LogP contribution in [0.2, 0.25) is 0 Å². The largest absolute Gasteiger partial charge is 0.380 e. The lowest BCUT2D eigenvalue weighted by molar-refractivity contribution is 0.129. The Kier molecular flexibility index (Phi) is 5.15. The highest BCUT2D eigenvalue weighted by molar-refractivity contribution is 7.89. The Morgan fingerprint density at radius 3 is 2.85 bits per heavy atom. The van der Waals surface area contributed by atoms with Crippen molar-refractivity contribution in [2.75, 3.05) is 19.8 Å². The van der Waals surface area contributed by atoms with Gasteiger partial charge in [-0.2, -0.15) is 0 Å². The molecule has 0 saturated heterocycles. The zero-order chi connectivity index (χ0) is 14.6. The van der Waals surface area contributed by atoms with Crippen molar-refractivity contribution in [1.29, 1.82) is 0 Å². The van der Waals surface area contributed by atoms with E-state index in [-0.39, 0.29) is 17.5 Å². The first kappa shape index (κ1) is 15.4. The lowest BCUT2D eigenvalue weighted by Crippen LogP contribution is -2.27. The molecule has 1 unspecified atom stereocenters. The Morgan fingerprint density at radius 1 is 1.45 bits per heavy atom. The number of ether oxygens (including phenoxy) is 1. The van der Waals surface area contributed by atoms with E-state index in [0.717, 1.165) is 12.2 Å². The van der Waals surface area contributed by atoms with E-state index in [9.17, 15) is 8.42 Å². The van der Waals surface area contributed by atoms with Gasteiger partial charge >= 0.3 is 0 Å². The third-order valence-electron chi connectivity index (χ3n) is 3.28. The summed E-state index contributed by atoms with van der Waals surface area (Å²) in [5.41, 5.74) is 6.57. The van der Waals surface area contributed by atoms with Gasteiger partial charge in [-0.05, 0) is 43.4 Å². The second kappa shape index (κ2) is 6.67. The molecule has 0 aliphatic heterocycles. The molecule has 1 atom stereocenters. The molecule has 1 saturated carbocycles. The Labute approximate surface area is 120 Å². The lowest BCUT2D eigenvalue weighted by Gasteiger charge is -2.10. The maximum atomic E-state index is 12.1. The Morgan fingerprint density at radius 2 is 2.20 bits per heavy atom. The fourth-order valence-electron chi connectivity index (χ4n) is 1.83. The second-order valence-electron chi connectivity index (χ2n) is 5.28. The summed E-state index contributed by atoms with van der Waals surface area (Å²) in [7, 11) is -3.49. The van der Waals surface area contributed by atoms with Crippen LogP contribution in [0.4, 0.5) is 0 Å². The third kappa shape index (κ3) is 4.56. The highest BCUT2D eigenvalue weighted by Crippen LogP contribution is 2.28. The minimum absolute atomic E-state index is 0.188. The predicted octanol–water partition coefficient (Wildman–Crippen LogP) is 1.41. The summed E-state index contributed by atoms with van der Waals surface area (Å²) in [6, 6.07) is 6.52. The van der Waals surface area contributed by atoms with Crippen LogP contribution in [0, 0.1) is 5.92 Å². The van der Waals surface area contributed by atoms with Crippen molar-refractivity contribution in [3.05, 3.63) is 29.8 Å². The molecule has 112 valence electrons. The molecule has 1 fully saturated rings. The summed E-state index contributed by atoms with van der Waals surface area (Å²) < 4.78 is 32.2. The first-order valence-electron chi connectivity index (χ1n) is 6.92. The SMILES string of the molecule is CC(N)c1cccc(S(=O)(=O)NCCOCC2CC2)c1. The molecule has 0 aromatic heterocycles. The maximum Gasteiger partial charge on any atom is 0.240 e. The molecule has 0 spiro atoms. The van der Waals surface area contributed by atoms with Crippen molar-refractivity contribution in [2.24, 2.45) is 11.7 Å². The number of nitrogens with one attached hydrogen (secondary N) is 1. The van der Waals surface area contributed by atoms with Crippen LogP contribution >= 0.6 is 0 Å². The van der Waals surface area contributed by atoms with Gasteiger partial charge in [0.25, 0.3) is 0 Å². The van der Waals surface area contributed by atoms with Gasteiger partial charge in [0.2, 0.25) is 10.0 Å². The summed E-state index contributed by atoms with van der Waals surface area (Å²) in [6.45, 7) is 3.26. The van der Waals surface area contributed by atoms with Crippen LogP contribution in [0.25, 0.3) is 0 Å². The Hall–Kier alpha value is -0.950. The zero-order valence-electron chi connectivity index (χ0n) is 11.7. The van der Waals surface area contributed by atoms with E-state index in [2.05, 4.69) is 4.72 Å². The number of rotatable bonds is 8. The summed E-state index contributed by atoms with van der Waals surface area (Å²) in [5.74, 6) is 0.689. The standard InChI is InChI=1S/C14H22N2O3S/c1-11(15)13-3-2-4-14(9-13)20(17,18)16-7-8-19-10-12-5-6-12/h2-4,9,11-12,16H,5-8,10,15H2,1H3. The number of nitrogens with two attached hydrogens (primary N) is 1. The van der Waals surface area contributed by atoms with Crippen LogP contribution in [0.5, 0.6) is 0 Å². The maximum absolute atomic E-state index is 12.1. The molecule has 1 aromatic carbocycles. The second-order valence-corrected chi connectivity index (χ2v) is 7.04. The molecule has 1 aliphatic carbocycles. The van der Waals surface area contributed by atoms with Gasteiger partial charge in [0.1, 0.15) is 0 Å². The van der Waals surface area contributed by atoms with Crippen LogP contribution in [-0.4, -0.2) is 28.2 Å². The highest BCUT2D eigenvalue weighted by Gasteiger charge is 2.21. The van der Waals surface area contributed by atoms with Crippen molar-refractivity contribution in [2.45, 2.75) is 30.7 Å². The van der Waals surface area contributed by atoms with Crippen molar-refractivity contribution in [1.82, 2.24) is 4.72 Å². The summed E-state index contributed by atoms with van der Waals surface area (Å²) in [5, 5.41) is 0. The van der Waals surface area contributed by atoms with E-state index in [0.29, 0.717) is 12.5 Å². The van der Waals surface area contributed by atoms with Gasteiger partial charge in [0, 0.05) is 19.2 Å². The molecule has 0 amide bonds. The van der Waals surface area contributed by atoms with Gasteiger partial charge in [0.05, 0.1) is 11.5 Å². The van der Waals surface area contributed by atoms with Gasteiger partial charge in [-0.3, -0.25) is 0 Å². The molecule has 20 heavy (non-hydrogen) atoms. The summed E-state index contributed by atoms with van der Waals surface area (Å²) >= 11 is 0. The fourth-order valence-corrected chi connectivity index (χ4v) is 2.90. The molecular formula is C14H22N2O3S. The Bertz CT molecular complexity index is 539. The van der Waals surface area contributed by atoms with E-state index in [1.54, 1.807) is 18.2 Å². The van der Waals surface area contributed by atoms with Gasteiger partial charge < -0.3 is 10.5 Å². The molecule has 0 bridgehead atoms. The number of sulfonamides is 1. The van der Waals surface area contributed by atoms with Crippen LogP contribution in [0.3, 0.4) is 0 Å². The quantitative estimate of drug-likeness (QED) is 0.711. The van der Waals surface area contributed by atoms with Crippen molar-refractivity contribution >= 4 is 10.0 Å². The summed E-state index contributed by atoms with van der Waals surface area (Å²) in [6.07, 6.45) is 2.46. The first-order chi connectivity index (χ1) is 9.49. The first-order valence-corrected chi connectivity index (χ1v) is 8.40. The van der Waals surface area contributed by atoms with Crippen molar-refractivity contribution in [3.63, 3.8) is 0 Å². The molecule has 3 N–H and O–H groups in total. The highest BCUT2D eigenvalue weighted by atomic mass is 32.2. The minimum Gasteiger partial charge on any atom is -0.380 e. The Balaban J connectivity index is 1.86. The van der Waals surface area contributed by atoms with Gasteiger partial charge in [-0.15, -0.1) is 0 Å². The molecule has 2 rings (SSSR count). The molecule has 5 nitrogen and oxygen atoms in total. The van der Waals surface area contributed by atoms with E-state index in [4.69, 9.17) is 10.5 Å². The smallest absolute Gasteiger partial charge is 0.240 e. The van der Waals surface area contributed by atoms with Gasteiger partial charge in [-0.1, -0.05) is 12.1 Å². The van der Waals surface area contributed by atoms with Gasteiger partial charge in [-0.25, -0.2) is 13.1 Å². The van der Waals surface area contributed by atoms with E-state index in [1.807, 2.05) is 13.0 Å². The number of hydrogen-bond donors (Lipinski definition) is 2. The molecule has 6 heteroatoms. The van der Waals surface area contributed by atoms with Crippen LogP contribution in [0.15, 0.2) is 29.2 Å². The van der Waals surface area contributed by atoms with Crippen LogP contribution in [-0.2, 0) is 14.8 Å². The van der Waals surface area contributed by atoms with Crippen molar-refractivity contribution in [3.8, 4) is 0 Å². The molecule has 1 aliphatic rings. The zero-order valence-corrected chi connectivity index (χ0v) is 12.5. The topological polar surface area (TPSA) is 81.4 Å². The van der Waals surface area contributed by atoms with Gasteiger partial charge in [0.15, 0.2) is 0 Å². The number of hydrogen-bond acceptors (Lipinski definition) is 4. The third-order valence-corrected chi connectivity index (χ3v) is 4.74. The van der Waals surface area contributed by atoms with E-state index >= 15 is 0 Å². The summed E-state index contributed by atoms with van der Waals surface area (Å²) in [4.78, 5) is 0.245. The average Bonchev–Trinajstić information content (AvgIpc) is 3.22. The number of benzene rings is 1. The van der Waals surface area contributed by atoms with Crippen molar-refractivity contribution < 1.29 is 13.2 Å².